The van der Waals surface area contributed by atoms with Gasteiger partial charge >= 0.3 is 6.36 Å². The monoisotopic (exact) mass is 543 g/mol. The minimum absolute atomic E-state index is 0.176. The van der Waals surface area contributed by atoms with Crippen LogP contribution in [-0.4, -0.2) is 13.0 Å². The van der Waals surface area contributed by atoms with E-state index in [1.54, 1.807) is 18.4 Å². The average Bonchev–Trinajstić information content (AvgIpc) is 2.97. The third-order valence-electron chi connectivity index (χ3n) is 7.28. The van der Waals surface area contributed by atoms with Gasteiger partial charge in [-0.2, -0.15) is 0 Å². The van der Waals surface area contributed by atoms with E-state index < -0.39 is 12.4 Å². The van der Waals surface area contributed by atoms with E-state index in [9.17, 15) is 18.7 Å². The van der Waals surface area contributed by atoms with Crippen LogP contribution < -0.4 is 4.74 Å². The summed E-state index contributed by atoms with van der Waals surface area (Å²) in [6.45, 7) is 0.733. The van der Waals surface area contributed by atoms with E-state index in [4.69, 9.17) is 4.74 Å². The Balaban J connectivity index is 0.000000477. The van der Waals surface area contributed by atoms with Crippen molar-refractivity contribution in [2.75, 3.05) is 6.61 Å². The molecule has 2 atom stereocenters. The Morgan fingerprint density at radius 3 is 2.42 bits per heavy atom. The number of hydrogen-bond donors (Lipinski definition) is 0. The van der Waals surface area contributed by atoms with Gasteiger partial charge in [0.15, 0.2) is 0 Å². The van der Waals surface area contributed by atoms with Gasteiger partial charge in [-0.05, 0) is 99.7 Å². The molecule has 1 heterocycles. The van der Waals surface area contributed by atoms with Gasteiger partial charge in [-0.3, -0.25) is 0 Å². The predicted octanol–water partition coefficient (Wildman–Crippen LogP) is 9.84. The molecular formula is C32H28F3N3O2. The third kappa shape index (κ3) is 6.41. The lowest BCUT2D eigenvalue weighted by molar-refractivity contribution is -0.274. The molecule has 40 heavy (non-hydrogen) atoms. The molecule has 2 unspecified atom stereocenters. The van der Waals surface area contributed by atoms with Crippen molar-refractivity contribution in [2.24, 2.45) is 5.11 Å². The molecule has 6 rings (SSSR count). The van der Waals surface area contributed by atoms with E-state index in [1.807, 2.05) is 30.4 Å². The molecule has 4 aromatic carbocycles. The van der Waals surface area contributed by atoms with Gasteiger partial charge in [0, 0.05) is 4.91 Å². The maximum atomic E-state index is 12.5. The molecule has 8 heteroatoms. The number of ether oxygens (including phenoxy) is 2. The number of aryl methyl sites for hydroxylation is 1. The SMILES string of the molecule is C1=CCOC=C1.[N-]=[N+]=NC(CC1CCCc2ccc3c(ccc4ccccc43)c21)c1ccc(OC(F)(F)F)cc1. The highest BCUT2D eigenvalue weighted by atomic mass is 19.4. The lowest BCUT2D eigenvalue weighted by Gasteiger charge is -2.29. The van der Waals surface area contributed by atoms with Gasteiger partial charge in [0.1, 0.15) is 12.4 Å². The number of nitrogens with zero attached hydrogens (tertiary/aromatic N) is 3. The number of azide groups is 1. The van der Waals surface area contributed by atoms with Gasteiger partial charge in [0.25, 0.3) is 0 Å². The van der Waals surface area contributed by atoms with Crippen molar-refractivity contribution >= 4 is 21.5 Å². The topological polar surface area (TPSA) is 67.2 Å². The van der Waals surface area contributed by atoms with Crippen molar-refractivity contribution in [1.82, 2.24) is 0 Å². The largest absolute Gasteiger partial charge is 0.573 e. The van der Waals surface area contributed by atoms with Crippen LogP contribution in [0.25, 0.3) is 32.0 Å². The van der Waals surface area contributed by atoms with E-state index >= 15 is 0 Å². The Bertz CT molecular complexity index is 1580. The zero-order valence-electron chi connectivity index (χ0n) is 21.7. The van der Waals surface area contributed by atoms with Crippen molar-refractivity contribution in [3.8, 4) is 5.75 Å². The van der Waals surface area contributed by atoms with Gasteiger partial charge < -0.3 is 9.47 Å². The van der Waals surface area contributed by atoms with Gasteiger partial charge in [0.05, 0.1) is 12.3 Å². The summed E-state index contributed by atoms with van der Waals surface area (Å²) in [6, 6.07) is 22.2. The Labute approximate surface area is 230 Å². The van der Waals surface area contributed by atoms with Gasteiger partial charge in [-0.25, -0.2) is 0 Å². The number of fused-ring (bicyclic) bond motifs is 5. The van der Waals surface area contributed by atoms with E-state index in [0.29, 0.717) is 12.0 Å². The fourth-order valence-electron chi connectivity index (χ4n) is 5.60. The third-order valence-corrected chi connectivity index (χ3v) is 7.28. The zero-order valence-corrected chi connectivity index (χ0v) is 21.7. The molecule has 0 radical (unpaired) electrons. The minimum atomic E-state index is -4.75. The molecule has 204 valence electrons. The molecule has 1 aliphatic carbocycles. The average molecular weight is 544 g/mol. The maximum absolute atomic E-state index is 12.5. The quantitative estimate of drug-likeness (QED) is 0.109. The van der Waals surface area contributed by atoms with Gasteiger partial charge in [-0.1, -0.05) is 71.9 Å². The lowest BCUT2D eigenvalue weighted by atomic mass is 9.76. The van der Waals surface area contributed by atoms with E-state index in [1.165, 1.54) is 44.8 Å². The number of rotatable bonds is 5. The van der Waals surface area contributed by atoms with Crippen LogP contribution in [-0.2, 0) is 11.2 Å². The second-order valence-electron chi connectivity index (χ2n) is 9.77. The van der Waals surface area contributed by atoms with Gasteiger partial charge in [0.2, 0.25) is 0 Å². The summed E-state index contributed by atoms with van der Waals surface area (Å²) >= 11 is 0. The molecule has 0 aromatic heterocycles. The number of hydrogen-bond acceptors (Lipinski definition) is 3. The smallest absolute Gasteiger partial charge is 0.497 e. The van der Waals surface area contributed by atoms with Crippen LogP contribution in [0.5, 0.6) is 5.75 Å². The highest BCUT2D eigenvalue weighted by Gasteiger charge is 2.31. The second kappa shape index (κ2) is 12.2. The molecule has 0 amide bonds. The minimum Gasteiger partial charge on any atom is -0.497 e. The fourth-order valence-corrected chi connectivity index (χ4v) is 5.60. The molecule has 2 aliphatic rings. The zero-order chi connectivity index (χ0) is 28.0. The lowest BCUT2D eigenvalue weighted by Crippen LogP contribution is -2.17. The summed E-state index contributed by atoms with van der Waals surface area (Å²) in [6.07, 6.45) is 6.31. The summed E-state index contributed by atoms with van der Waals surface area (Å²) in [7, 11) is 0. The first kappa shape index (κ1) is 27.2. The number of alkyl halides is 3. The molecule has 0 fully saturated rings. The molecule has 0 bridgehead atoms. The van der Waals surface area contributed by atoms with Crippen LogP contribution >= 0.6 is 0 Å². The standard InChI is InChI=1S/C27H22F3N3O.C5H6O/c28-27(29,30)34-21-12-8-18(9-13-21)25(32-33-31)16-20-6-3-5-19-11-14-23-22-7-2-1-4-17(22)10-15-24(23)26(19)20;1-2-4-6-5-3-1/h1-2,4,7-15,20,25H,3,5-6,16H2;1-4H,5H2. The summed E-state index contributed by atoms with van der Waals surface area (Å²) in [5, 5.41) is 8.83. The first-order valence-electron chi connectivity index (χ1n) is 13.2. The molecule has 5 nitrogen and oxygen atoms in total. The normalized spacial score (nSPS) is 16.7. The van der Waals surface area contributed by atoms with E-state index in [2.05, 4.69) is 51.2 Å². The van der Waals surface area contributed by atoms with Crippen LogP contribution in [0.2, 0.25) is 0 Å². The molecule has 4 aromatic rings. The number of allylic oxidation sites excluding steroid dienone is 2. The fraction of sp³-hybridized carbons (Fsp3) is 0.250. The van der Waals surface area contributed by atoms with Crippen LogP contribution in [0.4, 0.5) is 13.2 Å². The summed E-state index contributed by atoms with van der Waals surface area (Å²) in [5.74, 6) is -0.118. The molecule has 0 spiro atoms. The maximum Gasteiger partial charge on any atom is 0.573 e. The van der Waals surface area contributed by atoms with Crippen LogP contribution in [0.15, 0.2) is 102 Å². The van der Waals surface area contributed by atoms with Crippen LogP contribution in [0, 0.1) is 0 Å². The van der Waals surface area contributed by atoms with E-state index in [0.717, 1.165) is 25.9 Å². The second-order valence-corrected chi connectivity index (χ2v) is 9.77. The first-order valence-corrected chi connectivity index (χ1v) is 13.2. The summed E-state index contributed by atoms with van der Waals surface area (Å²) in [4.78, 5) is 3.03. The highest BCUT2D eigenvalue weighted by molar-refractivity contribution is 6.08. The number of halogens is 3. The Kier molecular flexibility index (Phi) is 8.27. The number of benzene rings is 4. The molecule has 0 saturated carbocycles. The molecule has 0 saturated heterocycles. The van der Waals surface area contributed by atoms with E-state index in [-0.39, 0.29) is 11.7 Å². The first-order chi connectivity index (χ1) is 19.4. The Morgan fingerprint density at radius 1 is 0.950 bits per heavy atom. The van der Waals surface area contributed by atoms with Crippen molar-refractivity contribution in [1.29, 1.82) is 0 Å². The Hall–Kier alpha value is -4.42. The van der Waals surface area contributed by atoms with Crippen molar-refractivity contribution < 1.29 is 22.6 Å². The van der Waals surface area contributed by atoms with Crippen molar-refractivity contribution in [2.45, 2.75) is 44.0 Å². The van der Waals surface area contributed by atoms with Crippen LogP contribution in [0.1, 0.15) is 47.9 Å². The molecule has 0 N–H and O–H groups in total. The highest BCUT2D eigenvalue weighted by Crippen LogP contribution is 2.44. The van der Waals surface area contributed by atoms with Crippen LogP contribution in [0.3, 0.4) is 0 Å². The Morgan fingerprint density at radius 2 is 1.75 bits per heavy atom. The van der Waals surface area contributed by atoms with Gasteiger partial charge in [-0.15, -0.1) is 13.2 Å². The van der Waals surface area contributed by atoms with Crippen molar-refractivity contribution in [3.63, 3.8) is 0 Å². The molecule has 1 aliphatic heterocycles. The molecular weight excluding hydrogens is 515 g/mol. The summed E-state index contributed by atoms with van der Waals surface area (Å²) < 4.78 is 46.3. The summed E-state index contributed by atoms with van der Waals surface area (Å²) in [5.41, 5.74) is 12.5. The predicted molar refractivity (Wildman–Crippen MR) is 151 cm³/mol. The van der Waals surface area contributed by atoms with Crippen molar-refractivity contribution in [3.05, 3.63) is 124 Å².